The van der Waals surface area contributed by atoms with E-state index in [0.717, 1.165) is 5.56 Å². The van der Waals surface area contributed by atoms with Gasteiger partial charge in [0.05, 0.1) is 15.6 Å². The van der Waals surface area contributed by atoms with Gasteiger partial charge in [-0.05, 0) is 28.1 Å². The first-order chi connectivity index (χ1) is 8.90. The lowest BCUT2D eigenvalue weighted by Crippen LogP contribution is -2.23. The number of nitrogens with zero attached hydrogens (tertiary/aromatic N) is 1. The lowest BCUT2D eigenvalue weighted by Gasteiger charge is -2.10. The first-order valence-corrected chi connectivity index (χ1v) is 7.77. The first kappa shape index (κ1) is 14.3. The van der Waals surface area contributed by atoms with E-state index in [1.54, 1.807) is 6.20 Å². The number of aromatic nitrogens is 2. The molecule has 102 valence electrons. The molecule has 0 bridgehead atoms. The molecule has 0 radical (unpaired) electrons. The number of hydrogen-bond acceptors (Lipinski definition) is 4. The summed E-state index contributed by atoms with van der Waals surface area (Å²) in [7, 11) is -3.72. The third kappa shape index (κ3) is 3.27. The van der Waals surface area contributed by atoms with Gasteiger partial charge in [-0.2, -0.15) is 5.10 Å². The van der Waals surface area contributed by atoms with E-state index in [1.807, 2.05) is 0 Å². The van der Waals surface area contributed by atoms with Gasteiger partial charge in [-0.15, -0.1) is 0 Å². The summed E-state index contributed by atoms with van der Waals surface area (Å²) in [5, 5.41) is 6.59. The molecule has 0 aliphatic rings. The largest absolute Gasteiger partial charge is 0.398 e. The second-order valence-electron chi connectivity index (χ2n) is 3.74. The highest BCUT2D eigenvalue weighted by molar-refractivity contribution is 9.10. The van der Waals surface area contributed by atoms with Crippen molar-refractivity contribution in [1.82, 2.24) is 14.9 Å². The number of halogens is 2. The number of aromatic amines is 1. The van der Waals surface area contributed by atoms with Gasteiger partial charge >= 0.3 is 0 Å². The Hall–Kier alpha value is -1.09. The second-order valence-corrected chi connectivity index (χ2v) is 6.70. The van der Waals surface area contributed by atoms with E-state index in [0.29, 0.717) is 0 Å². The molecule has 1 heterocycles. The van der Waals surface area contributed by atoms with E-state index in [9.17, 15) is 8.42 Å². The van der Waals surface area contributed by atoms with Gasteiger partial charge in [-0.1, -0.05) is 11.6 Å². The Morgan fingerprint density at radius 3 is 2.84 bits per heavy atom. The zero-order valence-corrected chi connectivity index (χ0v) is 12.7. The summed E-state index contributed by atoms with van der Waals surface area (Å²) in [6.07, 6.45) is 3.13. The molecule has 0 saturated carbocycles. The molecule has 0 aliphatic heterocycles. The SMILES string of the molecule is Nc1cc(Cl)cc(S(=O)(=O)NCc2cn[nH]c2)c1Br. The van der Waals surface area contributed by atoms with Crippen LogP contribution in [-0.4, -0.2) is 18.6 Å². The molecule has 0 amide bonds. The van der Waals surface area contributed by atoms with Gasteiger partial charge in [0.25, 0.3) is 0 Å². The van der Waals surface area contributed by atoms with Crippen LogP contribution in [0.5, 0.6) is 0 Å². The predicted octanol–water partition coefficient (Wildman–Crippen LogP) is 1.89. The van der Waals surface area contributed by atoms with Gasteiger partial charge < -0.3 is 5.73 Å². The molecule has 0 aliphatic carbocycles. The Kier molecular flexibility index (Phi) is 4.14. The molecule has 2 aromatic rings. The lowest BCUT2D eigenvalue weighted by atomic mass is 10.3. The molecule has 19 heavy (non-hydrogen) atoms. The highest BCUT2D eigenvalue weighted by Gasteiger charge is 2.20. The zero-order valence-electron chi connectivity index (χ0n) is 9.52. The summed E-state index contributed by atoms with van der Waals surface area (Å²) in [6, 6.07) is 2.81. The number of hydrogen-bond donors (Lipinski definition) is 3. The quantitative estimate of drug-likeness (QED) is 0.720. The molecule has 0 saturated heterocycles. The molecular formula is C10H10BrClN4O2S. The molecule has 0 fully saturated rings. The van der Waals surface area contributed by atoms with E-state index in [2.05, 4.69) is 30.8 Å². The van der Waals surface area contributed by atoms with Crippen molar-refractivity contribution in [2.75, 3.05) is 5.73 Å². The van der Waals surface area contributed by atoms with Gasteiger partial charge in [-0.3, -0.25) is 5.10 Å². The van der Waals surface area contributed by atoms with Crippen molar-refractivity contribution in [3.05, 3.63) is 39.6 Å². The Morgan fingerprint density at radius 1 is 1.47 bits per heavy atom. The first-order valence-electron chi connectivity index (χ1n) is 5.12. The smallest absolute Gasteiger partial charge is 0.242 e. The molecule has 2 rings (SSSR count). The number of nitrogens with one attached hydrogen (secondary N) is 2. The van der Waals surface area contributed by atoms with Gasteiger partial charge in [0.1, 0.15) is 0 Å². The monoisotopic (exact) mass is 364 g/mol. The van der Waals surface area contributed by atoms with Gasteiger partial charge in [0.15, 0.2) is 0 Å². The molecule has 0 spiro atoms. The van der Waals surface area contributed by atoms with Crippen LogP contribution in [0.4, 0.5) is 5.69 Å². The summed E-state index contributed by atoms with van der Waals surface area (Å²) in [5.74, 6) is 0. The maximum atomic E-state index is 12.2. The number of nitrogen functional groups attached to an aromatic ring is 1. The molecule has 1 aromatic heterocycles. The van der Waals surface area contributed by atoms with Crippen LogP contribution in [0.15, 0.2) is 33.9 Å². The number of nitrogens with two attached hydrogens (primary N) is 1. The fraction of sp³-hybridized carbons (Fsp3) is 0.100. The van der Waals surface area contributed by atoms with Crippen LogP contribution >= 0.6 is 27.5 Å². The molecule has 0 atom stereocenters. The van der Waals surface area contributed by atoms with Crippen LogP contribution in [0.3, 0.4) is 0 Å². The van der Waals surface area contributed by atoms with E-state index in [4.69, 9.17) is 17.3 Å². The third-order valence-corrected chi connectivity index (χ3v) is 5.13. The maximum Gasteiger partial charge on any atom is 0.242 e. The van der Waals surface area contributed by atoms with Crippen molar-refractivity contribution in [3.8, 4) is 0 Å². The Balaban J connectivity index is 2.29. The van der Waals surface area contributed by atoms with Crippen molar-refractivity contribution in [2.24, 2.45) is 0 Å². The topological polar surface area (TPSA) is 101 Å². The van der Waals surface area contributed by atoms with Crippen LogP contribution in [0, 0.1) is 0 Å². The van der Waals surface area contributed by atoms with E-state index < -0.39 is 10.0 Å². The normalized spacial score (nSPS) is 11.7. The minimum Gasteiger partial charge on any atom is -0.398 e. The van der Waals surface area contributed by atoms with Gasteiger partial charge in [0.2, 0.25) is 10.0 Å². The average Bonchev–Trinajstić information content (AvgIpc) is 2.84. The number of benzene rings is 1. The molecule has 1 aromatic carbocycles. The van der Waals surface area contributed by atoms with Crippen molar-refractivity contribution in [2.45, 2.75) is 11.4 Å². The van der Waals surface area contributed by atoms with Crippen molar-refractivity contribution < 1.29 is 8.42 Å². The molecule has 0 unspecified atom stereocenters. The van der Waals surface area contributed by atoms with Crippen LogP contribution in [0.1, 0.15) is 5.56 Å². The summed E-state index contributed by atoms with van der Waals surface area (Å²) < 4.78 is 27.1. The molecule has 9 heteroatoms. The molecule has 6 nitrogen and oxygen atoms in total. The highest BCUT2D eigenvalue weighted by Crippen LogP contribution is 2.31. The Morgan fingerprint density at radius 2 is 2.21 bits per heavy atom. The maximum absolute atomic E-state index is 12.2. The van der Waals surface area contributed by atoms with Gasteiger partial charge in [-0.25, -0.2) is 13.1 Å². The van der Waals surface area contributed by atoms with Gasteiger partial charge in [0, 0.05) is 29.0 Å². The number of anilines is 1. The van der Waals surface area contributed by atoms with Crippen LogP contribution in [-0.2, 0) is 16.6 Å². The average molecular weight is 366 g/mol. The zero-order chi connectivity index (χ0) is 14.0. The Bertz CT molecular complexity index is 688. The van der Waals surface area contributed by atoms with Crippen LogP contribution in [0.25, 0.3) is 0 Å². The van der Waals surface area contributed by atoms with E-state index in [1.165, 1.54) is 18.3 Å². The fourth-order valence-corrected chi connectivity index (χ4v) is 3.72. The lowest BCUT2D eigenvalue weighted by molar-refractivity contribution is 0.581. The number of H-pyrrole nitrogens is 1. The molecule has 4 N–H and O–H groups in total. The number of sulfonamides is 1. The summed E-state index contributed by atoms with van der Waals surface area (Å²) in [6.45, 7) is 0.123. The van der Waals surface area contributed by atoms with Crippen molar-refractivity contribution in [3.63, 3.8) is 0 Å². The third-order valence-electron chi connectivity index (χ3n) is 2.34. The highest BCUT2D eigenvalue weighted by atomic mass is 79.9. The van der Waals surface area contributed by atoms with Crippen molar-refractivity contribution in [1.29, 1.82) is 0 Å². The second kappa shape index (κ2) is 5.49. The Labute approximate surface area is 123 Å². The van der Waals surface area contributed by atoms with E-state index in [-0.39, 0.29) is 26.6 Å². The summed E-state index contributed by atoms with van der Waals surface area (Å²) in [4.78, 5) is 0.000921. The fourth-order valence-electron chi connectivity index (χ4n) is 1.41. The van der Waals surface area contributed by atoms with E-state index >= 15 is 0 Å². The van der Waals surface area contributed by atoms with Crippen LogP contribution < -0.4 is 10.5 Å². The standard InChI is InChI=1S/C10H10BrClN4O2S/c11-10-8(13)1-7(12)2-9(10)19(17,18)16-5-6-3-14-15-4-6/h1-4,16H,5,13H2,(H,14,15). The summed E-state index contributed by atoms with van der Waals surface area (Å²) in [5.41, 5.74) is 6.65. The molecular weight excluding hydrogens is 356 g/mol. The predicted molar refractivity (Wildman–Crippen MR) is 76.2 cm³/mol. The van der Waals surface area contributed by atoms with Crippen molar-refractivity contribution >= 4 is 43.2 Å². The number of rotatable bonds is 4. The minimum absolute atomic E-state index is 0.000921. The minimum atomic E-state index is -3.72. The summed E-state index contributed by atoms with van der Waals surface area (Å²) >= 11 is 8.97. The van der Waals surface area contributed by atoms with Crippen LogP contribution in [0.2, 0.25) is 5.02 Å².